The summed E-state index contributed by atoms with van der Waals surface area (Å²) in [6.07, 6.45) is -0.970. The third-order valence-electron chi connectivity index (χ3n) is 3.39. The van der Waals surface area contributed by atoms with Gasteiger partial charge in [0, 0.05) is 0 Å². The van der Waals surface area contributed by atoms with Crippen LogP contribution in [0.2, 0.25) is 0 Å². The minimum atomic E-state index is -0.701. The van der Waals surface area contributed by atoms with E-state index in [2.05, 4.69) is 0 Å². The highest BCUT2D eigenvalue weighted by atomic mass is 16.6. The Kier molecular flexibility index (Phi) is 6.63. The quantitative estimate of drug-likeness (QED) is 0.754. The maximum absolute atomic E-state index is 11.9. The van der Waals surface area contributed by atoms with Gasteiger partial charge in [-0.2, -0.15) is 0 Å². The van der Waals surface area contributed by atoms with Crippen LogP contribution in [0.4, 0.5) is 0 Å². The van der Waals surface area contributed by atoms with Crippen LogP contribution in [0.3, 0.4) is 0 Å². The fourth-order valence-corrected chi connectivity index (χ4v) is 2.01. The van der Waals surface area contributed by atoms with E-state index >= 15 is 0 Å². The Balaban J connectivity index is 2.02. The number of carbonyl (C=O) groups excluding carboxylic acids is 1. The molecule has 0 unspecified atom stereocenters. The number of hydrogen-bond donors (Lipinski definition) is 1. The third kappa shape index (κ3) is 5.59. The Hall–Kier alpha value is -2.53. The lowest BCUT2D eigenvalue weighted by Gasteiger charge is -2.25. The smallest absolute Gasteiger partial charge is 0.323 e. The van der Waals surface area contributed by atoms with Crippen molar-refractivity contribution >= 4 is 5.97 Å². The van der Waals surface area contributed by atoms with Crippen LogP contribution in [-0.2, 0) is 9.53 Å². The van der Waals surface area contributed by atoms with E-state index in [0.29, 0.717) is 11.5 Å². The second kappa shape index (κ2) is 8.93. The van der Waals surface area contributed by atoms with Crippen molar-refractivity contribution in [1.82, 2.24) is 0 Å². The van der Waals surface area contributed by atoms with Crippen molar-refractivity contribution in [3.63, 3.8) is 0 Å². The zero-order chi connectivity index (χ0) is 17.4. The van der Waals surface area contributed by atoms with E-state index in [-0.39, 0.29) is 12.7 Å². The second-order valence-electron chi connectivity index (χ2n) is 5.52. The van der Waals surface area contributed by atoms with Gasteiger partial charge in [-0.05, 0) is 38.1 Å². The molecule has 2 aromatic rings. The first kappa shape index (κ1) is 17.8. The van der Waals surface area contributed by atoms with E-state index < -0.39 is 18.1 Å². The number of ether oxygens (including phenoxy) is 3. The van der Waals surface area contributed by atoms with Gasteiger partial charge < -0.3 is 19.9 Å². The molecule has 2 aromatic carbocycles. The fourth-order valence-electron chi connectivity index (χ4n) is 2.01. The van der Waals surface area contributed by atoms with Crippen molar-refractivity contribution in [2.75, 3.05) is 6.61 Å². The number of nitrogens with two attached hydrogens (primary N) is 1. The predicted molar refractivity (Wildman–Crippen MR) is 92.0 cm³/mol. The average molecular weight is 329 g/mol. The van der Waals surface area contributed by atoms with Gasteiger partial charge in [-0.3, -0.25) is 4.79 Å². The number of benzene rings is 2. The van der Waals surface area contributed by atoms with Gasteiger partial charge in [-0.25, -0.2) is 0 Å². The molecule has 0 bridgehead atoms. The molecular formula is C19H23NO4. The molecule has 0 saturated heterocycles. The minimum absolute atomic E-state index is 0.177. The molecule has 2 N–H and O–H groups in total. The van der Waals surface area contributed by atoms with Gasteiger partial charge in [0.05, 0.1) is 0 Å². The summed E-state index contributed by atoms with van der Waals surface area (Å²) in [4.78, 5) is 11.9. The first-order valence-corrected chi connectivity index (χ1v) is 7.92. The summed E-state index contributed by atoms with van der Waals surface area (Å²) in [7, 11) is 0. The summed E-state index contributed by atoms with van der Waals surface area (Å²) >= 11 is 0. The molecule has 0 amide bonds. The van der Waals surface area contributed by atoms with E-state index in [1.54, 1.807) is 6.92 Å². The third-order valence-corrected chi connectivity index (χ3v) is 3.39. The molecule has 5 heteroatoms. The van der Waals surface area contributed by atoms with Crippen molar-refractivity contribution in [3.05, 3.63) is 60.7 Å². The molecule has 0 heterocycles. The van der Waals surface area contributed by atoms with Gasteiger partial charge >= 0.3 is 5.97 Å². The Morgan fingerprint density at radius 1 is 0.958 bits per heavy atom. The van der Waals surface area contributed by atoms with Crippen LogP contribution in [0.1, 0.15) is 13.8 Å². The van der Waals surface area contributed by atoms with Gasteiger partial charge in [0.1, 0.15) is 30.3 Å². The highest BCUT2D eigenvalue weighted by Crippen LogP contribution is 2.16. The average Bonchev–Trinajstić information content (AvgIpc) is 2.60. The summed E-state index contributed by atoms with van der Waals surface area (Å²) in [5.74, 6) is 0.915. The number of esters is 1. The molecule has 0 saturated carbocycles. The number of rotatable bonds is 8. The van der Waals surface area contributed by atoms with Crippen molar-refractivity contribution in [2.45, 2.75) is 32.1 Å². The Morgan fingerprint density at radius 2 is 1.50 bits per heavy atom. The molecule has 24 heavy (non-hydrogen) atoms. The van der Waals surface area contributed by atoms with Crippen LogP contribution in [0.15, 0.2) is 60.7 Å². The lowest BCUT2D eigenvalue weighted by Crippen LogP contribution is -2.42. The lowest BCUT2D eigenvalue weighted by atomic mass is 10.2. The van der Waals surface area contributed by atoms with Crippen LogP contribution in [0, 0.1) is 0 Å². The van der Waals surface area contributed by atoms with E-state index in [0.717, 1.165) is 0 Å². The van der Waals surface area contributed by atoms with E-state index in [9.17, 15) is 4.79 Å². The van der Waals surface area contributed by atoms with E-state index in [1.807, 2.05) is 67.6 Å². The number of hydrogen-bond acceptors (Lipinski definition) is 5. The van der Waals surface area contributed by atoms with Gasteiger partial charge in [0.25, 0.3) is 0 Å². The van der Waals surface area contributed by atoms with Crippen LogP contribution in [0.5, 0.6) is 11.5 Å². The molecule has 0 aliphatic rings. The highest BCUT2D eigenvalue weighted by Gasteiger charge is 2.25. The zero-order valence-electron chi connectivity index (χ0n) is 13.9. The van der Waals surface area contributed by atoms with Crippen molar-refractivity contribution in [3.8, 4) is 11.5 Å². The number of para-hydroxylation sites is 2. The maximum atomic E-state index is 11.9. The van der Waals surface area contributed by atoms with Crippen LogP contribution >= 0.6 is 0 Å². The first-order chi connectivity index (χ1) is 11.6. The van der Waals surface area contributed by atoms with Gasteiger partial charge in [-0.15, -0.1) is 0 Å². The van der Waals surface area contributed by atoms with Crippen LogP contribution < -0.4 is 15.2 Å². The van der Waals surface area contributed by atoms with Crippen molar-refractivity contribution in [2.24, 2.45) is 5.73 Å². The molecule has 2 rings (SSSR count). The number of carbonyl (C=O) groups is 1. The van der Waals surface area contributed by atoms with E-state index in [4.69, 9.17) is 19.9 Å². The maximum Gasteiger partial charge on any atom is 0.323 e. The zero-order valence-corrected chi connectivity index (χ0v) is 13.9. The van der Waals surface area contributed by atoms with E-state index in [1.165, 1.54) is 0 Å². The molecule has 128 valence electrons. The van der Waals surface area contributed by atoms with Crippen LogP contribution in [-0.4, -0.2) is 30.8 Å². The molecule has 3 atom stereocenters. The lowest BCUT2D eigenvalue weighted by molar-refractivity contribution is -0.156. The summed E-state index contributed by atoms with van der Waals surface area (Å²) in [6.45, 7) is 3.59. The molecular weight excluding hydrogens is 306 g/mol. The van der Waals surface area contributed by atoms with Crippen LogP contribution in [0.25, 0.3) is 0 Å². The standard InChI is InChI=1S/C19H23NO4/c1-14(20)19(21)24-18(13-22-16-9-5-3-6-10-16)15(2)23-17-11-7-4-8-12-17/h3-12,14-15,18H,13,20H2,1-2H3/t14-,15-,18+/m0/s1. The summed E-state index contributed by atoms with van der Waals surface area (Å²) in [5, 5.41) is 0. The van der Waals surface area contributed by atoms with Crippen molar-refractivity contribution < 1.29 is 19.0 Å². The molecule has 0 radical (unpaired) electrons. The van der Waals surface area contributed by atoms with Gasteiger partial charge in [0.2, 0.25) is 0 Å². The Bertz CT molecular complexity index is 616. The highest BCUT2D eigenvalue weighted by molar-refractivity contribution is 5.75. The monoisotopic (exact) mass is 329 g/mol. The van der Waals surface area contributed by atoms with Gasteiger partial charge in [-0.1, -0.05) is 36.4 Å². The Labute approximate surface area is 142 Å². The SMILES string of the molecule is C[C@H](N)C(=O)O[C@H](COc1ccccc1)[C@H](C)Oc1ccccc1. The summed E-state index contributed by atoms with van der Waals surface area (Å²) in [5.41, 5.74) is 5.59. The minimum Gasteiger partial charge on any atom is -0.490 e. The first-order valence-electron chi connectivity index (χ1n) is 7.92. The molecule has 0 aliphatic heterocycles. The molecule has 0 aromatic heterocycles. The van der Waals surface area contributed by atoms with Gasteiger partial charge in [0.15, 0.2) is 6.10 Å². The fraction of sp³-hybridized carbons (Fsp3) is 0.316. The molecule has 5 nitrogen and oxygen atoms in total. The molecule has 0 fully saturated rings. The second-order valence-corrected chi connectivity index (χ2v) is 5.52. The van der Waals surface area contributed by atoms with Crippen molar-refractivity contribution in [1.29, 1.82) is 0 Å². The summed E-state index contributed by atoms with van der Waals surface area (Å²) < 4.78 is 17.0. The normalized spacial score (nSPS) is 14.3. The molecule has 0 aliphatic carbocycles. The topological polar surface area (TPSA) is 70.8 Å². The largest absolute Gasteiger partial charge is 0.490 e. The Morgan fingerprint density at radius 3 is 2.04 bits per heavy atom. The summed E-state index contributed by atoms with van der Waals surface area (Å²) in [6, 6.07) is 18.0. The molecule has 0 spiro atoms. The predicted octanol–water partition coefficient (Wildman–Crippen LogP) is 2.79.